The number of nitrogens with two attached hydrogens (primary N) is 1. The Morgan fingerprint density at radius 2 is 2.00 bits per heavy atom. The molecular weight excluding hydrogens is 208 g/mol. The number of Topliss-reactive ketones (excluding diaryl/α,β-unsaturated/α-hetero) is 2. The van der Waals surface area contributed by atoms with Crippen LogP contribution in [0.3, 0.4) is 0 Å². The molecule has 0 unspecified atom stereocenters. The molecule has 0 amide bonds. The first kappa shape index (κ1) is 11.7. The monoisotopic (exact) mass is 226 g/mol. The average Bonchev–Trinajstić information content (AvgIpc) is 2.28. The third kappa shape index (κ3) is 1.69. The maximum atomic E-state index is 12.1. The van der Waals surface area contributed by atoms with E-state index in [1.54, 1.807) is 0 Å². The number of rotatable bonds is 2. The van der Waals surface area contributed by atoms with Crippen molar-refractivity contribution in [1.29, 1.82) is 0 Å². The van der Waals surface area contributed by atoms with Gasteiger partial charge in [-0.15, -0.1) is 0 Å². The SMILES string of the molecule is NCCN1CCOCC12C(=O)CCCC2=O. The molecule has 2 N–H and O–H groups in total. The van der Waals surface area contributed by atoms with Gasteiger partial charge in [0.1, 0.15) is 0 Å². The molecule has 16 heavy (non-hydrogen) atoms. The second-order valence-electron chi connectivity index (χ2n) is 4.39. The van der Waals surface area contributed by atoms with Gasteiger partial charge >= 0.3 is 0 Å². The first-order chi connectivity index (χ1) is 7.71. The van der Waals surface area contributed by atoms with Crippen LogP contribution in [0.25, 0.3) is 0 Å². The van der Waals surface area contributed by atoms with Crippen molar-refractivity contribution in [3.8, 4) is 0 Å². The molecule has 1 heterocycles. The first-order valence-corrected chi connectivity index (χ1v) is 5.81. The third-order valence-corrected chi connectivity index (χ3v) is 3.49. The summed E-state index contributed by atoms with van der Waals surface area (Å²) in [5.74, 6) is 0.0220. The van der Waals surface area contributed by atoms with Crippen molar-refractivity contribution in [3.05, 3.63) is 0 Å². The molecule has 5 nitrogen and oxygen atoms in total. The standard InChI is InChI=1S/C11H18N2O3/c12-4-5-13-6-7-16-8-11(13)9(14)2-1-3-10(11)15/h1-8,12H2. The van der Waals surface area contributed by atoms with Crippen molar-refractivity contribution in [1.82, 2.24) is 4.90 Å². The zero-order chi connectivity index (χ0) is 11.6. The van der Waals surface area contributed by atoms with Crippen LogP contribution in [0.4, 0.5) is 0 Å². The molecule has 1 spiro atoms. The normalized spacial score (nSPS) is 26.3. The van der Waals surface area contributed by atoms with Gasteiger partial charge in [-0.3, -0.25) is 14.5 Å². The van der Waals surface area contributed by atoms with Crippen LogP contribution in [-0.2, 0) is 14.3 Å². The molecule has 0 aromatic heterocycles. The summed E-state index contributed by atoms with van der Waals surface area (Å²) < 4.78 is 5.36. The highest BCUT2D eigenvalue weighted by atomic mass is 16.5. The van der Waals surface area contributed by atoms with Crippen molar-refractivity contribution in [2.45, 2.75) is 24.8 Å². The van der Waals surface area contributed by atoms with Crippen LogP contribution in [-0.4, -0.2) is 54.9 Å². The zero-order valence-corrected chi connectivity index (χ0v) is 9.41. The van der Waals surface area contributed by atoms with Crippen LogP contribution in [0.5, 0.6) is 0 Å². The number of ketones is 2. The van der Waals surface area contributed by atoms with E-state index in [2.05, 4.69) is 0 Å². The highest BCUT2D eigenvalue weighted by Gasteiger charge is 2.52. The Balaban J connectivity index is 2.28. The van der Waals surface area contributed by atoms with Crippen molar-refractivity contribution < 1.29 is 14.3 Å². The Morgan fingerprint density at radius 3 is 2.62 bits per heavy atom. The molecule has 0 aromatic rings. The summed E-state index contributed by atoms with van der Waals surface area (Å²) in [7, 11) is 0. The number of ether oxygens (including phenoxy) is 1. The fraction of sp³-hybridized carbons (Fsp3) is 0.818. The molecular formula is C11H18N2O3. The van der Waals surface area contributed by atoms with E-state index in [1.165, 1.54) is 0 Å². The first-order valence-electron chi connectivity index (χ1n) is 5.81. The molecule has 90 valence electrons. The van der Waals surface area contributed by atoms with Crippen LogP contribution in [0.15, 0.2) is 0 Å². The Hall–Kier alpha value is -0.780. The van der Waals surface area contributed by atoms with Gasteiger partial charge in [-0.2, -0.15) is 0 Å². The van der Waals surface area contributed by atoms with E-state index in [-0.39, 0.29) is 18.2 Å². The van der Waals surface area contributed by atoms with Gasteiger partial charge in [-0.25, -0.2) is 0 Å². The smallest absolute Gasteiger partial charge is 0.163 e. The highest BCUT2D eigenvalue weighted by Crippen LogP contribution is 2.30. The van der Waals surface area contributed by atoms with Crippen LogP contribution >= 0.6 is 0 Å². The van der Waals surface area contributed by atoms with Crippen molar-refractivity contribution >= 4 is 11.6 Å². The van der Waals surface area contributed by atoms with Crippen LogP contribution in [0.2, 0.25) is 0 Å². The van der Waals surface area contributed by atoms with Gasteiger partial charge in [0.15, 0.2) is 17.1 Å². The summed E-state index contributed by atoms with van der Waals surface area (Å²) in [4.78, 5) is 26.1. The number of carbonyl (C=O) groups excluding carboxylic acids is 2. The number of carbonyl (C=O) groups is 2. The molecule has 0 radical (unpaired) electrons. The number of hydrogen-bond donors (Lipinski definition) is 1. The molecule has 0 bridgehead atoms. The maximum Gasteiger partial charge on any atom is 0.163 e. The van der Waals surface area contributed by atoms with E-state index in [9.17, 15) is 9.59 Å². The van der Waals surface area contributed by atoms with Crippen LogP contribution in [0.1, 0.15) is 19.3 Å². The Labute approximate surface area is 94.9 Å². The van der Waals surface area contributed by atoms with Gasteiger partial charge in [0.05, 0.1) is 13.2 Å². The third-order valence-electron chi connectivity index (χ3n) is 3.49. The molecule has 5 heteroatoms. The quantitative estimate of drug-likeness (QED) is 0.633. The lowest BCUT2D eigenvalue weighted by Crippen LogP contribution is -2.68. The Morgan fingerprint density at radius 1 is 1.31 bits per heavy atom. The minimum atomic E-state index is -1.00. The fourth-order valence-corrected chi connectivity index (χ4v) is 2.63. The summed E-state index contributed by atoms with van der Waals surface area (Å²) in [5.41, 5.74) is 4.53. The molecule has 0 aromatic carbocycles. The van der Waals surface area contributed by atoms with E-state index in [0.29, 0.717) is 45.5 Å². The Kier molecular flexibility index (Phi) is 3.37. The lowest BCUT2D eigenvalue weighted by Gasteiger charge is -2.46. The predicted molar refractivity (Wildman–Crippen MR) is 58.0 cm³/mol. The lowest BCUT2D eigenvalue weighted by atomic mass is 9.77. The van der Waals surface area contributed by atoms with E-state index in [4.69, 9.17) is 10.5 Å². The molecule has 1 aliphatic carbocycles. The van der Waals surface area contributed by atoms with Crippen LogP contribution < -0.4 is 5.73 Å². The van der Waals surface area contributed by atoms with Gasteiger partial charge in [0.2, 0.25) is 0 Å². The fourth-order valence-electron chi connectivity index (χ4n) is 2.63. The van der Waals surface area contributed by atoms with Crippen molar-refractivity contribution in [2.75, 3.05) is 32.8 Å². The minimum absolute atomic E-state index is 0.0110. The zero-order valence-electron chi connectivity index (χ0n) is 9.41. The van der Waals surface area contributed by atoms with Gasteiger partial charge in [-0.05, 0) is 6.42 Å². The second kappa shape index (κ2) is 4.61. The molecule has 1 aliphatic heterocycles. The van der Waals surface area contributed by atoms with E-state index in [0.717, 1.165) is 0 Å². The van der Waals surface area contributed by atoms with E-state index in [1.807, 2.05) is 4.90 Å². The van der Waals surface area contributed by atoms with Crippen molar-refractivity contribution in [2.24, 2.45) is 5.73 Å². The largest absolute Gasteiger partial charge is 0.377 e. The van der Waals surface area contributed by atoms with Crippen molar-refractivity contribution in [3.63, 3.8) is 0 Å². The second-order valence-corrected chi connectivity index (χ2v) is 4.39. The molecule has 1 saturated heterocycles. The van der Waals surface area contributed by atoms with E-state index >= 15 is 0 Å². The highest BCUT2D eigenvalue weighted by molar-refractivity contribution is 6.13. The minimum Gasteiger partial charge on any atom is -0.377 e. The number of hydrogen-bond acceptors (Lipinski definition) is 5. The molecule has 0 atom stereocenters. The predicted octanol–water partition coefficient (Wildman–Crippen LogP) is -0.662. The lowest BCUT2D eigenvalue weighted by molar-refractivity contribution is -0.159. The van der Waals surface area contributed by atoms with Crippen LogP contribution in [0, 0.1) is 0 Å². The number of nitrogens with zero attached hydrogens (tertiary/aromatic N) is 1. The van der Waals surface area contributed by atoms with Gasteiger partial charge in [-0.1, -0.05) is 0 Å². The van der Waals surface area contributed by atoms with Gasteiger partial charge in [0.25, 0.3) is 0 Å². The molecule has 2 fully saturated rings. The summed E-state index contributed by atoms with van der Waals surface area (Å²) in [5, 5.41) is 0. The van der Waals surface area contributed by atoms with Gasteiger partial charge in [0, 0.05) is 32.5 Å². The van der Waals surface area contributed by atoms with E-state index < -0.39 is 5.54 Å². The average molecular weight is 226 g/mol. The molecule has 2 rings (SSSR count). The summed E-state index contributed by atoms with van der Waals surface area (Å²) in [6.45, 7) is 2.45. The summed E-state index contributed by atoms with van der Waals surface area (Å²) in [6.07, 6.45) is 1.64. The molecule has 1 saturated carbocycles. The van der Waals surface area contributed by atoms with Gasteiger partial charge < -0.3 is 10.5 Å². The Bertz CT molecular complexity index is 286. The summed E-state index contributed by atoms with van der Waals surface area (Å²) >= 11 is 0. The summed E-state index contributed by atoms with van der Waals surface area (Å²) in [6, 6.07) is 0. The maximum absolute atomic E-state index is 12.1. The topological polar surface area (TPSA) is 72.6 Å². The molecule has 2 aliphatic rings. The number of morpholine rings is 1.